The van der Waals surface area contributed by atoms with Crippen LogP contribution in [-0.4, -0.2) is 36.8 Å². The number of ether oxygens (including phenoxy) is 1. The number of carbonyl (C=O) groups excluding carboxylic acids is 1. The van der Waals surface area contributed by atoms with Crippen LogP contribution in [0.2, 0.25) is 0 Å². The summed E-state index contributed by atoms with van der Waals surface area (Å²) < 4.78 is 5.81. The smallest absolute Gasteiger partial charge is 0.262 e. The highest BCUT2D eigenvalue weighted by Gasteiger charge is 2.32. The predicted octanol–water partition coefficient (Wildman–Crippen LogP) is 1.84. The second kappa shape index (κ2) is 7.79. The summed E-state index contributed by atoms with van der Waals surface area (Å²) in [4.78, 5) is 14.1. The van der Waals surface area contributed by atoms with E-state index in [0.29, 0.717) is 30.5 Å². The number of carbonyl (C=O) groups is 1. The van der Waals surface area contributed by atoms with Crippen molar-refractivity contribution in [2.75, 3.05) is 24.5 Å². The van der Waals surface area contributed by atoms with Gasteiger partial charge in [-0.15, -0.1) is 6.58 Å². The molecule has 0 spiro atoms. The van der Waals surface area contributed by atoms with Gasteiger partial charge in [-0.25, -0.2) is 0 Å². The SMILES string of the molecule is C=CCNC(=S)N1C[C@H](C(=O)NCCC)Oc2ccccc21. The number of nitrogens with zero attached hydrogens (tertiary/aromatic N) is 1. The zero-order valence-corrected chi connectivity index (χ0v) is 13.5. The van der Waals surface area contributed by atoms with E-state index < -0.39 is 6.10 Å². The Kier molecular flexibility index (Phi) is 5.77. The number of para-hydroxylation sites is 2. The molecule has 5 nitrogen and oxygen atoms in total. The molecular weight excluding hydrogens is 298 g/mol. The van der Waals surface area contributed by atoms with Gasteiger partial charge in [0.05, 0.1) is 12.2 Å². The van der Waals surface area contributed by atoms with Gasteiger partial charge in [-0.1, -0.05) is 25.1 Å². The summed E-state index contributed by atoms with van der Waals surface area (Å²) in [6.45, 7) is 7.28. The molecule has 1 aliphatic heterocycles. The number of hydrogen-bond donors (Lipinski definition) is 2. The molecule has 2 N–H and O–H groups in total. The highest BCUT2D eigenvalue weighted by Crippen LogP contribution is 2.33. The van der Waals surface area contributed by atoms with Crippen LogP contribution in [0.3, 0.4) is 0 Å². The van der Waals surface area contributed by atoms with Gasteiger partial charge in [-0.05, 0) is 30.8 Å². The predicted molar refractivity (Wildman–Crippen MR) is 92.3 cm³/mol. The molecule has 0 aliphatic carbocycles. The van der Waals surface area contributed by atoms with Gasteiger partial charge in [0, 0.05) is 13.1 Å². The van der Waals surface area contributed by atoms with Crippen LogP contribution < -0.4 is 20.3 Å². The van der Waals surface area contributed by atoms with E-state index in [9.17, 15) is 4.79 Å². The van der Waals surface area contributed by atoms with E-state index in [1.165, 1.54) is 0 Å². The van der Waals surface area contributed by atoms with Gasteiger partial charge in [0.1, 0.15) is 5.75 Å². The number of fused-ring (bicyclic) bond motifs is 1. The molecule has 1 atom stereocenters. The fourth-order valence-corrected chi connectivity index (χ4v) is 2.44. The number of rotatable bonds is 5. The summed E-state index contributed by atoms with van der Waals surface area (Å²) in [6, 6.07) is 7.57. The molecule has 118 valence electrons. The highest BCUT2D eigenvalue weighted by atomic mass is 32.1. The van der Waals surface area contributed by atoms with E-state index >= 15 is 0 Å². The van der Waals surface area contributed by atoms with Gasteiger partial charge in [0.25, 0.3) is 5.91 Å². The Balaban J connectivity index is 2.18. The zero-order valence-electron chi connectivity index (χ0n) is 12.7. The summed E-state index contributed by atoms with van der Waals surface area (Å²) in [6.07, 6.45) is 2.05. The van der Waals surface area contributed by atoms with Gasteiger partial charge >= 0.3 is 0 Å². The van der Waals surface area contributed by atoms with Gasteiger partial charge in [0.15, 0.2) is 11.2 Å². The largest absolute Gasteiger partial charge is 0.477 e. The molecule has 2 rings (SSSR count). The molecule has 0 unspecified atom stereocenters. The van der Waals surface area contributed by atoms with Crippen LogP contribution >= 0.6 is 12.2 Å². The lowest BCUT2D eigenvalue weighted by Gasteiger charge is -2.35. The Labute approximate surface area is 136 Å². The maximum absolute atomic E-state index is 12.2. The number of benzene rings is 1. The maximum atomic E-state index is 12.2. The van der Waals surface area contributed by atoms with Crippen LogP contribution in [0.25, 0.3) is 0 Å². The Morgan fingerprint density at radius 2 is 2.27 bits per heavy atom. The molecule has 1 aromatic carbocycles. The second-order valence-electron chi connectivity index (χ2n) is 4.95. The normalized spacial score (nSPS) is 16.2. The van der Waals surface area contributed by atoms with E-state index in [2.05, 4.69) is 17.2 Å². The number of thiocarbonyl (C=S) groups is 1. The fraction of sp³-hybridized carbons (Fsp3) is 0.375. The van der Waals surface area contributed by atoms with Crippen molar-refractivity contribution in [3.63, 3.8) is 0 Å². The van der Waals surface area contributed by atoms with Crippen LogP contribution in [-0.2, 0) is 4.79 Å². The minimum Gasteiger partial charge on any atom is -0.477 e. The summed E-state index contributed by atoms with van der Waals surface area (Å²) in [5.41, 5.74) is 0.864. The van der Waals surface area contributed by atoms with Crippen molar-refractivity contribution in [1.29, 1.82) is 0 Å². The van der Waals surface area contributed by atoms with E-state index in [0.717, 1.165) is 12.1 Å². The van der Waals surface area contributed by atoms with Crippen molar-refractivity contribution < 1.29 is 9.53 Å². The highest BCUT2D eigenvalue weighted by molar-refractivity contribution is 7.80. The molecular formula is C16H21N3O2S. The third-order valence-corrected chi connectivity index (χ3v) is 3.62. The number of amides is 1. The molecule has 0 saturated heterocycles. The molecule has 1 aliphatic rings. The van der Waals surface area contributed by atoms with E-state index in [1.54, 1.807) is 6.08 Å². The standard InChI is InChI=1S/C16H21N3O2S/c1-3-9-17-15(20)14-11-19(16(22)18-10-4-2)12-7-5-6-8-13(12)21-14/h4-8,14H,2-3,9-11H2,1H3,(H,17,20)(H,18,22)/t14-/m1/s1. The second-order valence-corrected chi connectivity index (χ2v) is 5.34. The molecule has 1 heterocycles. The average Bonchev–Trinajstić information content (AvgIpc) is 2.56. The molecule has 22 heavy (non-hydrogen) atoms. The van der Waals surface area contributed by atoms with Gasteiger partial charge in [0.2, 0.25) is 0 Å². The lowest BCUT2D eigenvalue weighted by molar-refractivity contribution is -0.127. The van der Waals surface area contributed by atoms with Crippen molar-refractivity contribution in [1.82, 2.24) is 10.6 Å². The quantitative estimate of drug-likeness (QED) is 0.641. The Bertz CT molecular complexity index is 562. The molecule has 6 heteroatoms. The van der Waals surface area contributed by atoms with E-state index in [4.69, 9.17) is 17.0 Å². The monoisotopic (exact) mass is 319 g/mol. The van der Waals surface area contributed by atoms with Crippen molar-refractivity contribution in [3.8, 4) is 5.75 Å². The molecule has 0 fully saturated rings. The topological polar surface area (TPSA) is 53.6 Å². The number of anilines is 1. The first-order valence-electron chi connectivity index (χ1n) is 7.37. The van der Waals surface area contributed by atoms with Gasteiger partial charge in [-0.3, -0.25) is 4.79 Å². The maximum Gasteiger partial charge on any atom is 0.262 e. The molecule has 1 aromatic rings. The zero-order chi connectivity index (χ0) is 15.9. The van der Waals surface area contributed by atoms with Crippen molar-refractivity contribution in [3.05, 3.63) is 36.9 Å². The number of hydrogen-bond acceptors (Lipinski definition) is 3. The summed E-state index contributed by atoms with van der Waals surface area (Å²) >= 11 is 5.42. The summed E-state index contributed by atoms with van der Waals surface area (Å²) in [5.74, 6) is 0.543. The molecule has 0 radical (unpaired) electrons. The Morgan fingerprint density at radius 1 is 1.50 bits per heavy atom. The van der Waals surface area contributed by atoms with Crippen molar-refractivity contribution in [2.45, 2.75) is 19.4 Å². The first-order chi connectivity index (χ1) is 10.7. The summed E-state index contributed by atoms with van der Waals surface area (Å²) in [7, 11) is 0. The Morgan fingerprint density at radius 3 is 3.00 bits per heavy atom. The van der Waals surface area contributed by atoms with Crippen molar-refractivity contribution in [2.24, 2.45) is 0 Å². The van der Waals surface area contributed by atoms with E-state index in [-0.39, 0.29) is 5.91 Å². The molecule has 0 aromatic heterocycles. The third kappa shape index (κ3) is 3.76. The van der Waals surface area contributed by atoms with Crippen molar-refractivity contribution >= 4 is 28.9 Å². The first kappa shape index (κ1) is 16.3. The van der Waals surface area contributed by atoms with Crippen LogP contribution in [0.5, 0.6) is 5.75 Å². The lowest BCUT2D eigenvalue weighted by Crippen LogP contribution is -2.53. The van der Waals surface area contributed by atoms with Crippen LogP contribution in [0.4, 0.5) is 5.69 Å². The third-order valence-electron chi connectivity index (χ3n) is 3.26. The lowest BCUT2D eigenvalue weighted by atomic mass is 10.2. The van der Waals surface area contributed by atoms with Gasteiger partial charge < -0.3 is 20.3 Å². The van der Waals surface area contributed by atoms with Crippen LogP contribution in [0.15, 0.2) is 36.9 Å². The van der Waals surface area contributed by atoms with Crippen LogP contribution in [0, 0.1) is 0 Å². The molecule has 0 bridgehead atoms. The minimum absolute atomic E-state index is 0.118. The fourth-order valence-electron chi connectivity index (χ4n) is 2.18. The summed E-state index contributed by atoms with van der Waals surface area (Å²) in [5, 5.41) is 6.52. The first-order valence-corrected chi connectivity index (χ1v) is 7.77. The van der Waals surface area contributed by atoms with Gasteiger partial charge in [-0.2, -0.15) is 0 Å². The van der Waals surface area contributed by atoms with E-state index in [1.807, 2.05) is 36.1 Å². The number of nitrogens with one attached hydrogen (secondary N) is 2. The Hall–Kier alpha value is -2.08. The van der Waals surface area contributed by atoms with Crippen LogP contribution in [0.1, 0.15) is 13.3 Å². The average molecular weight is 319 g/mol. The molecule has 1 amide bonds. The minimum atomic E-state index is -0.579. The molecule has 0 saturated carbocycles.